The summed E-state index contributed by atoms with van der Waals surface area (Å²) in [6, 6.07) is 11.6. The lowest BCUT2D eigenvalue weighted by molar-refractivity contribution is 0.0321. The number of morpholine rings is 1. The molecule has 0 atom stereocenters. The standard InChI is InChI=1S/C23H23N7O4S/c1-28(26-16-20-17-27-30-5-4-19(15-25)12-21(20)30)35(31,32)23-13-18(14-24)2-3-22(23)34-11-8-29-6-9-33-10-7-29/h2-5,12-13,16-17H,6-11H2,1H3. The number of hydrogen-bond acceptors (Lipinski definition) is 9. The van der Waals surface area contributed by atoms with Crippen LogP contribution >= 0.6 is 0 Å². The molecule has 0 aliphatic carbocycles. The Balaban J connectivity index is 1.55. The van der Waals surface area contributed by atoms with Gasteiger partial charge < -0.3 is 9.47 Å². The molecule has 3 heterocycles. The molecular formula is C23H23N7O4S. The van der Waals surface area contributed by atoms with Crippen LogP contribution in [0, 0.1) is 22.7 Å². The van der Waals surface area contributed by atoms with Crippen molar-refractivity contribution < 1.29 is 17.9 Å². The molecule has 0 bridgehead atoms. The number of ether oxygens (including phenoxy) is 2. The molecule has 0 saturated carbocycles. The van der Waals surface area contributed by atoms with Gasteiger partial charge in [-0.05, 0) is 30.3 Å². The molecule has 0 amide bonds. The van der Waals surface area contributed by atoms with Crippen LogP contribution in [-0.4, -0.2) is 80.1 Å². The quantitative estimate of drug-likeness (QED) is 0.340. The maximum atomic E-state index is 13.3. The summed E-state index contributed by atoms with van der Waals surface area (Å²) in [4.78, 5) is 2.02. The largest absolute Gasteiger partial charge is 0.491 e. The highest BCUT2D eigenvalue weighted by Crippen LogP contribution is 2.28. The molecular weight excluding hydrogens is 470 g/mol. The topological polar surface area (TPSA) is 136 Å². The first-order valence-corrected chi connectivity index (χ1v) is 12.2. The van der Waals surface area contributed by atoms with E-state index in [2.05, 4.69) is 21.2 Å². The van der Waals surface area contributed by atoms with E-state index in [9.17, 15) is 13.7 Å². The van der Waals surface area contributed by atoms with E-state index in [4.69, 9.17) is 14.7 Å². The molecule has 0 unspecified atom stereocenters. The fourth-order valence-electron chi connectivity index (χ4n) is 3.52. The Morgan fingerprint density at radius 1 is 1.20 bits per heavy atom. The first-order chi connectivity index (χ1) is 16.9. The number of benzene rings is 1. The minimum atomic E-state index is -4.13. The molecule has 2 aromatic heterocycles. The molecule has 180 valence electrons. The fraction of sp³-hybridized carbons (Fsp3) is 0.304. The van der Waals surface area contributed by atoms with Crippen molar-refractivity contribution in [1.82, 2.24) is 18.9 Å². The van der Waals surface area contributed by atoms with Gasteiger partial charge >= 0.3 is 0 Å². The van der Waals surface area contributed by atoms with E-state index in [1.54, 1.807) is 22.8 Å². The average molecular weight is 494 g/mol. The van der Waals surface area contributed by atoms with Crippen LogP contribution < -0.4 is 4.74 Å². The Hall–Kier alpha value is -3.97. The van der Waals surface area contributed by atoms with Gasteiger partial charge in [0.1, 0.15) is 17.3 Å². The van der Waals surface area contributed by atoms with Gasteiger partial charge in [0, 0.05) is 38.4 Å². The average Bonchev–Trinajstić information content (AvgIpc) is 3.30. The number of nitrogens with zero attached hydrogens (tertiary/aromatic N) is 7. The van der Waals surface area contributed by atoms with E-state index in [1.165, 1.54) is 37.7 Å². The number of pyridine rings is 1. The maximum absolute atomic E-state index is 13.3. The van der Waals surface area contributed by atoms with Crippen LogP contribution in [0.5, 0.6) is 5.75 Å². The summed E-state index contributed by atoms with van der Waals surface area (Å²) in [6.45, 7) is 3.80. The zero-order valence-electron chi connectivity index (χ0n) is 19.0. The lowest BCUT2D eigenvalue weighted by atomic mass is 10.2. The van der Waals surface area contributed by atoms with Gasteiger partial charge in [-0.3, -0.25) is 4.90 Å². The molecule has 1 saturated heterocycles. The van der Waals surface area contributed by atoms with Crippen LogP contribution in [-0.2, 0) is 14.8 Å². The van der Waals surface area contributed by atoms with Crippen LogP contribution in [0.3, 0.4) is 0 Å². The van der Waals surface area contributed by atoms with Crippen LogP contribution in [0.1, 0.15) is 16.7 Å². The SMILES string of the molecule is CN(N=Cc1cnn2ccc(C#N)cc12)S(=O)(=O)c1cc(C#N)ccc1OCCN1CCOCC1. The van der Waals surface area contributed by atoms with Crippen molar-refractivity contribution >= 4 is 21.8 Å². The predicted octanol–water partition coefficient (Wildman–Crippen LogP) is 1.44. The van der Waals surface area contributed by atoms with E-state index < -0.39 is 10.0 Å². The molecule has 1 aliphatic heterocycles. The zero-order valence-corrected chi connectivity index (χ0v) is 19.8. The van der Waals surface area contributed by atoms with Crippen molar-refractivity contribution in [3.63, 3.8) is 0 Å². The van der Waals surface area contributed by atoms with Crippen molar-refractivity contribution in [3.8, 4) is 17.9 Å². The normalized spacial score (nSPS) is 14.6. The van der Waals surface area contributed by atoms with E-state index in [-0.39, 0.29) is 22.8 Å². The van der Waals surface area contributed by atoms with E-state index in [0.29, 0.717) is 36.4 Å². The van der Waals surface area contributed by atoms with E-state index in [0.717, 1.165) is 17.5 Å². The van der Waals surface area contributed by atoms with Crippen molar-refractivity contribution in [1.29, 1.82) is 10.5 Å². The fourth-order valence-corrected chi connectivity index (χ4v) is 4.64. The third-order valence-electron chi connectivity index (χ3n) is 5.51. The number of fused-ring (bicyclic) bond motifs is 1. The van der Waals surface area contributed by atoms with Crippen LogP contribution in [0.4, 0.5) is 0 Å². The number of aromatic nitrogens is 2. The van der Waals surface area contributed by atoms with Crippen molar-refractivity contribution in [2.45, 2.75) is 4.90 Å². The van der Waals surface area contributed by atoms with Gasteiger partial charge in [0.05, 0.1) is 54.4 Å². The third kappa shape index (κ3) is 5.41. The highest BCUT2D eigenvalue weighted by Gasteiger charge is 2.25. The Bertz CT molecular complexity index is 1430. The van der Waals surface area contributed by atoms with Gasteiger partial charge in [-0.15, -0.1) is 0 Å². The van der Waals surface area contributed by atoms with Gasteiger partial charge in [0.15, 0.2) is 0 Å². The summed E-state index contributed by atoms with van der Waals surface area (Å²) in [7, 11) is -2.83. The maximum Gasteiger partial charge on any atom is 0.282 e. The molecule has 0 spiro atoms. The lowest BCUT2D eigenvalue weighted by Gasteiger charge is -2.26. The van der Waals surface area contributed by atoms with Gasteiger partial charge in [0.25, 0.3) is 10.0 Å². The summed E-state index contributed by atoms with van der Waals surface area (Å²) in [6.07, 6.45) is 4.52. The highest BCUT2D eigenvalue weighted by molar-refractivity contribution is 7.89. The molecule has 12 heteroatoms. The second-order valence-electron chi connectivity index (χ2n) is 7.72. The van der Waals surface area contributed by atoms with Crippen LogP contribution in [0.2, 0.25) is 0 Å². The molecule has 35 heavy (non-hydrogen) atoms. The van der Waals surface area contributed by atoms with Crippen LogP contribution in [0.25, 0.3) is 5.52 Å². The first kappa shape index (κ1) is 24.2. The minimum Gasteiger partial charge on any atom is -0.491 e. The molecule has 3 aromatic rings. The lowest BCUT2D eigenvalue weighted by Crippen LogP contribution is -2.38. The number of hydrogen-bond donors (Lipinski definition) is 0. The predicted molar refractivity (Wildman–Crippen MR) is 126 cm³/mol. The van der Waals surface area contributed by atoms with Crippen molar-refractivity contribution in [2.24, 2.45) is 5.10 Å². The minimum absolute atomic E-state index is 0.147. The van der Waals surface area contributed by atoms with E-state index in [1.807, 2.05) is 6.07 Å². The van der Waals surface area contributed by atoms with Crippen molar-refractivity contribution in [2.75, 3.05) is 46.5 Å². The van der Waals surface area contributed by atoms with Crippen molar-refractivity contribution in [3.05, 3.63) is 59.4 Å². The number of sulfonamides is 1. The monoisotopic (exact) mass is 493 g/mol. The Morgan fingerprint density at radius 3 is 2.69 bits per heavy atom. The molecule has 4 rings (SSSR count). The third-order valence-corrected chi connectivity index (χ3v) is 7.17. The van der Waals surface area contributed by atoms with Gasteiger partial charge in [-0.1, -0.05) is 0 Å². The molecule has 1 fully saturated rings. The Labute approximate surface area is 203 Å². The highest BCUT2D eigenvalue weighted by atomic mass is 32.2. The summed E-state index contributed by atoms with van der Waals surface area (Å²) < 4.78 is 40.2. The van der Waals surface area contributed by atoms with Crippen LogP contribution in [0.15, 0.2) is 52.7 Å². The summed E-state index contributed by atoms with van der Waals surface area (Å²) in [5, 5.41) is 26.7. The summed E-state index contributed by atoms with van der Waals surface area (Å²) >= 11 is 0. The second kappa shape index (κ2) is 10.5. The zero-order chi connectivity index (χ0) is 24.8. The molecule has 1 aliphatic rings. The first-order valence-electron chi connectivity index (χ1n) is 10.8. The number of hydrazone groups is 1. The van der Waals surface area contributed by atoms with Gasteiger partial charge in [-0.2, -0.15) is 33.6 Å². The summed E-state index contributed by atoms with van der Waals surface area (Å²) in [5.74, 6) is 0.147. The van der Waals surface area contributed by atoms with Gasteiger partial charge in [0.2, 0.25) is 0 Å². The smallest absolute Gasteiger partial charge is 0.282 e. The second-order valence-corrected chi connectivity index (χ2v) is 9.64. The molecule has 0 N–H and O–H groups in total. The summed E-state index contributed by atoms with van der Waals surface area (Å²) in [5.41, 5.74) is 1.78. The number of rotatable bonds is 8. The Kier molecular flexibility index (Phi) is 7.27. The number of nitriles is 2. The van der Waals surface area contributed by atoms with Gasteiger partial charge in [-0.25, -0.2) is 4.52 Å². The molecule has 1 aromatic carbocycles. The molecule has 0 radical (unpaired) electrons. The van der Waals surface area contributed by atoms with E-state index >= 15 is 0 Å². The molecule has 11 nitrogen and oxygen atoms in total. The Morgan fingerprint density at radius 2 is 1.94 bits per heavy atom.